The molecule has 6 atom stereocenters. The highest BCUT2D eigenvalue weighted by atomic mass is 35.5. The van der Waals surface area contributed by atoms with Crippen molar-refractivity contribution in [2.24, 2.45) is 35.5 Å². The maximum Gasteiger partial charge on any atom is 0.338 e. The molecule has 0 aromatic heterocycles. The summed E-state index contributed by atoms with van der Waals surface area (Å²) in [6, 6.07) is 12.5. The molecule has 2 saturated carbocycles. The molecule has 6 nitrogen and oxygen atoms in total. The van der Waals surface area contributed by atoms with Gasteiger partial charge in [0.25, 0.3) is 0 Å². The number of amides is 2. The van der Waals surface area contributed by atoms with Gasteiger partial charge in [0.2, 0.25) is 11.8 Å². The van der Waals surface area contributed by atoms with E-state index in [0.29, 0.717) is 28.1 Å². The van der Waals surface area contributed by atoms with E-state index in [1.165, 1.54) is 17.0 Å². The minimum atomic E-state index is -0.654. The van der Waals surface area contributed by atoms with E-state index in [4.69, 9.17) is 16.3 Å². The van der Waals surface area contributed by atoms with Crippen LogP contribution in [0.1, 0.15) is 27.1 Å². The maximum atomic E-state index is 13.2. The molecule has 4 aliphatic carbocycles. The van der Waals surface area contributed by atoms with Crippen molar-refractivity contribution in [3.8, 4) is 0 Å². The lowest BCUT2D eigenvalue weighted by Crippen LogP contribution is -2.40. The van der Waals surface area contributed by atoms with Gasteiger partial charge in [-0.25, -0.2) is 4.79 Å². The molecule has 1 saturated heterocycles. The smallest absolute Gasteiger partial charge is 0.338 e. The second-order valence-corrected chi connectivity index (χ2v) is 9.66. The molecule has 2 aromatic rings. The molecule has 0 N–H and O–H groups in total. The Morgan fingerprint density at radius 2 is 1.39 bits per heavy atom. The van der Waals surface area contributed by atoms with Crippen molar-refractivity contribution in [3.05, 3.63) is 76.8 Å². The summed E-state index contributed by atoms with van der Waals surface area (Å²) >= 11 is 5.82. The molecule has 0 radical (unpaired) electrons. The average Bonchev–Trinajstić information content (AvgIpc) is 3.61. The number of Topliss-reactive ketones (excluding diaryl/α,β-unsaturated/α-hetero) is 1. The first-order chi connectivity index (χ1) is 15.9. The van der Waals surface area contributed by atoms with Gasteiger partial charge in [-0.2, -0.15) is 0 Å². The Morgan fingerprint density at radius 3 is 1.97 bits per heavy atom. The van der Waals surface area contributed by atoms with E-state index in [1.807, 2.05) is 0 Å². The first kappa shape index (κ1) is 20.4. The van der Waals surface area contributed by atoms with Gasteiger partial charge in [0.15, 0.2) is 12.4 Å². The largest absolute Gasteiger partial charge is 0.454 e. The summed E-state index contributed by atoms with van der Waals surface area (Å²) in [5.41, 5.74) is 1.10. The topological polar surface area (TPSA) is 80.8 Å². The summed E-state index contributed by atoms with van der Waals surface area (Å²) in [6.07, 6.45) is 5.39. The van der Waals surface area contributed by atoms with E-state index in [9.17, 15) is 19.2 Å². The van der Waals surface area contributed by atoms with Crippen LogP contribution in [0.25, 0.3) is 0 Å². The number of rotatable bonds is 5. The Balaban J connectivity index is 1.14. The number of nitrogens with zero attached hydrogens (tertiary/aromatic N) is 1. The van der Waals surface area contributed by atoms with Gasteiger partial charge in [0.05, 0.1) is 23.1 Å². The summed E-state index contributed by atoms with van der Waals surface area (Å²) < 4.78 is 5.14. The molecule has 2 amide bonds. The summed E-state index contributed by atoms with van der Waals surface area (Å²) in [6.45, 7) is -0.396. The Morgan fingerprint density at radius 1 is 0.848 bits per heavy atom. The molecule has 7 heteroatoms. The summed E-state index contributed by atoms with van der Waals surface area (Å²) in [4.78, 5) is 52.2. The third-order valence-corrected chi connectivity index (χ3v) is 7.78. The number of carbonyl (C=O) groups excluding carboxylic acids is 4. The Hall–Kier alpha value is -3.25. The van der Waals surface area contributed by atoms with E-state index in [-0.39, 0.29) is 46.8 Å². The molecule has 1 heterocycles. The molecule has 2 bridgehead atoms. The van der Waals surface area contributed by atoms with Crippen LogP contribution in [0.2, 0.25) is 5.02 Å². The molecular formula is C26H20ClNO5. The number of hydrogen-bond donors (Lipinski definition) is 0. The van der Waals surface area contributed by atoms with Crippen LogP contribution in [-0.2, 0) is 14.3 Å². The predicted octanol–water partition coefficient (Wildman–Crippen LogP) is 3.94. The van der Waals surface area contributed by atoms with E-state index in [2.05, 4.69) is 12.2 Å². The molecular weight excluding hydrogens is 442 g/mol. The van der Waals surface area contributed by atoms with E-state index in [0.717, 1.165) is 6.42 Å². The molecule has 3 fully saturated rings. The van der Waals surface area contributed by atoms with Crippen LogP contribution in [0, 0.1) is 35.5 Å². The first-order valence-electron chi connectivity index (χ1n) is 11.1. The minimum absolute atomic E-state index is 0.140. The molecule has 5 aliphatic rings. The number of esters is 1. The Labute approximate surface area is 195 Å². The number of allylic oxidation sites excluding steroid dienone is 2. The summed E-state index contributed by atoms with van der Waals surface area (Å²) in [5, 5.41) is 0.513. The third-order valence-electron chi connectivity index (χ3n) is 7.52. The maximum absolute atomic E-state index is 13.2. The lowest BCUT2D eigenvalue weighted by Gasteiger charge is -2.37. The number of halogens is 1. The van der Waals surface area contributed by atoms with Crippen LogP contribution >= 0.6 is 11.6 Å². The summed E-state index contributed by atoms with van der Waals surface area (Å²) in [5.74, 6) is -0.376. The number of ether oxygens (including phenoxy) is 1. The van der Waals surface area contributed by atoms with Crippen molar-refractivity contribution in [1.82, 2.24) is 0 Å². The first-order valence-corrected chi connectivity index (χ1v) is 11.4. The van der Waals surface area contributed by atoms with E-state index in [1.54, 1.807) is 36.4 Å². The van der Waals surface area contributed by atoms with Gasteiger partial charge in [-0.3, -0.25) is 19.3 Å². The lowest BCUT2D eigenvalue weighted by atomic mass is 9.63. The van der Waals surface area contributed by atoms with Crippen molar-refractivity contribution in [2.75, 3.05) is 11.5 Å². The molecule has 1 aliphatic heterocycles. The molecule has 2 aromatic carbocycles. The van der Waals surface area contributed by atoms with E-state index >= 15 is 0 Å². The SMILES string of the molecule is O=C(COC(=O)c1ccc(N2C(=O)[C@@H]3[C@@H]4C=C[C@H]([C@H]5C[C@H]45)[C@@H]3C2=O)cc1)c1ccc(Cl)cc1. The van der Waals surface area contributed by atoms with Crippen molar-refractivity contribution in [1.29, 1.82) is 0 Å². The second-order valence-electron chi connectivity index (χ2n) is 9.22. The fourth-order valence-electron chi connectivity index (χ4n) is 5.89. The summed E-state index contributed by atoms with van der Waals surface area (Å²) in [7, 11) is 0. The van der Waals surface area contributed by atoms with Crippen molar-refractivity contribution < 1.29 is 23.9 Å². The van der Waals surface area contributed by atoms with Gasteiger partial charge in [-0.1, -0.05) is 23.8 Å². The van der Waals surface area contributed by atoms with Crippen molar-refractivity contribution >= 4 is 40.9 Å². The van der Waals surface area contributed by atoms with Gasteiger partial charge < -0.3 is 4.74 Å². The van der Waals surface area contributed by atoms with Gasteiger partial charge in [0.1, 0.15) is 0 Å². The quantitative estimate of drug-likeness (QED) is 0.291. The van der Waals surface area contributed by atoms with Crippen LogP contribution in [0.15, 0.2) is 60.7 Å². The molecule has 166 valence electrons. The molecule has 33 heavy (non-hydrogen) atoms. The normalized spacial score (nSPS) is 30.8. The fraction of sp³-hybridized carbons (Fsp3) is 0.308. The lowest BCUT2D eigenvalue weighted by molar-refractivity contribution is -0.124. The number of ketones is 1. The zero-order valence-corrected chi connectivity index (χ0v) is 18.3. The average molecular weight is 462 g/mol. The highest BCUT2D eigenvalue weighted by Gasteiger charge is 2.67. The van der Waals surface area contributed by atoms with Gasteiger partial charge in [-0.05, 0) is 78.6 Å². The predicted molar refractivity (Wildman–Crippen MR) is 120 cm³/mol. The van der Waals surface area contributed by atoms with Crippen LogP contribution in [0.4, 0.5) is 5.69 Å². The fourth-order valence-corrected chi connectivity index (χ4v) is 6.02. The monoisotopic (exact) mass is 461 g/mol. The molecule has 0 spiro atoms. The number of hydrogen-bond acceptors (Lipinski definition) is 5. The Bertz CT molecular complexity index is 1180. The number of carbonyl (C=O) groups is 4. The zero-order chi connectivity index (χ0) is 22.9. The van der Waals surface area contributed by atoms with Gasteiger partial charge in [0, 0.05) is 10.6 Å². The van der Waals surface area contributed by atoms with Crippen LogP contribution in [-0.4, -0.2) is 30.2 Å². The van der Waals surface area contributed by atoms with Gasteiger partial charge >= 0.3 is 5.97 Å². The highest BCUT2D eigenvalue weighted by Crippen LogP contribution is 2.65. The van der Waals surface area contributed by atoms with Gasteiger partial charge in [-0.15, -0.1) is 0 Å². The number of anilines is 1. The van der Waals surface area contributed by atoms with Crippen LogP contribution in [0.5, 0.6) is 0 Å². The van der Waals surface area contributed by atoms with Crippen molar-refractivity contribution in [3.63, 3.8) is 0 Å². The van der Waals surface area contributed by atoms with Crippen molar-refractivity contribution in [2.45, 2.75) is 6.42 Å². The highest BCUT2D eigenvalue weighted by molar-refractivity contribution is 6.30. The van der Waals surface area contributed by atoms with Crippen LogP contribution in [0.3, 0.4) is 0 Å². The molecule has 0 unspecified atom stereocenters. The van der Waals surface area contributed by atoms with E-state index < -0.39 is 12.6 Å². The standard InChI is InChI=1S/C26H20ClNO5/c27-15-5-1-13(2-6-15)21(29)12-33-26(32)14-3-7-16(8-4-14)28-24(30)22-17-9-10-18(20-11-19(17)20)23(22)25(28)31/h1-10,17-20,22-23H,11-12H2/t17-,18-,19-,20-,22-,23+/m1/s1. The number of imide groups is 1. The van der Waals surface area contributed by atoms with Crippen LogP contribution < -0.4 is 4.90 Å². The Kier molecular flexibility index (Phi) is 4.56. The third kappa shape index (κ3) is 3.16. The zero-order valence-electron chi connectivity index (χ0n) is 17.5. The second kappa shape index (κ2) is 7.39. The minimum Gasteiger partial charge on any atom is -0.454 e. The molecule has 7 rings (SSSR count). The number of benzene rings is 2.